The Morgan fingerprint density at radius 1 is 1.00 bits per heavy atom. The Morgan fingerprint density at radius 3 is 2.45 bits per heavy atom. The van der Waals surface area contributed by atoms with Gasteiger partial charge in [0, 0.05) is 37.2 Å². The molecule has 0 spiro atoms. The minimum absolute atomic E-state index is 0.0316. The highest BCUT2D eigenvalue weighted by molar-refractivity contribution is 6.39. The van der Waals surface area contributed by atoms with Gasteiger partial charge in [-0.05, 0) is 50.2 Å². The summed E-state index contributed by atoms with van der Waals surface area (Å²) in [4.78, 5) is 27.4. The average molecular weight is 427 g/mol. The molecule has 2 N–H and O–H groups in total. The second-order valence-electron chi connectivity index (χ2n) is 8.03. The summed E-state index contributed by atoms with van der Waals surface area (Å²) in [6, 6.07) is 9.22. The lowest BCUT2D eigenvalue weighted by atomic mass is 10.1. The fraction of sp³-hybridized carbons (Fsp3) is 0.478. The molecule has 1 aromatic carbocycles. The maximum absolute atomic E-state index is 12.5. The number of rotatable bonds is 5. The van der Waals surface area contributed by atoms with Crippen molar-refractivity contribution in [2.75, 3.05) is 38.2 Å². The highest BCUT2D eigenvalue weighted by atomic mass is 16.6. The van der Waals surface area contributed by atoms with Crippen LogP contribution in [0.5, 0.6) is 11.5 Å². The standard InChI is InChI=1S/C23H30N4O4/c1-26-10-6-7-18(26)19(27-11-4-2-3-5-12-27)16-24-22(28)23(29)25-17-8-9-20-21(15-17)31-14-13-30-20/h6-10,15,19H,2-5,11-14,16H2,1H3,(H,24,28)(H,25,29). The quantitative estimate of drug-likeness (QED) is 0.718. The predicted molar refractivity (Wildman–Crippen MR) is 117 cm³/mol. The lowest BCUT2D eigenvalue weighted by Crippen LogP contribution is -2.42. The number of anilines is 1. The molecule has 1 atom stereocenters. The van der Waals surface area contributed by atoms with E-state index in [1.165, 1.54) is 12.8 Å². The fourth-order valence-electron chi connectivity index (χ4n) is 4.23. The van der Waals surface area contributed by atoms with Crippen LogP contribution in [0.25, 0.3) is 0 Å². The first-order valence-electron chi connectivity index (χ1n) is 11.0. The van der Waals surface area contributed by atoms with E-state index < -0.39 is 11.8 Å². The van der Waals surface area contributed by atoms with Crippen LogP contribution in [0.1, 0.15) is 37.4 Å². The molecule has 4 rings (SSSR count). The number of likely N-dealkylation sites (tertiary alicyclic amines) is 1. The Kier molecular flexibility index (Phi) is 6.76. The molecule has 0 saturated carbocycles. The first-order chi connectivity index (χ1) is 15.1. The third-order valence-corrected chi connectivity index (χ3v) is 5.87. The van der Waals surface area contributed by atoms with Crippen molar-refractivity contribution >= 4 is 17.5 Å². The minimum Gasteiger partial charge on any atom is -0.486 e. The number of ether oxygens (including phenoxy) is 2. The number of fused-ring (bicyclic) bond motifs is 1. The van der Waals surface area contributed by atoms with Crippen LogP contribution in [0.2, 0.25) is 0 Å². The Morgan fingerprint density at radius 2 is 1.74 bits per heavy atom. The topological polar surface area (TPSA) is 84.8 Å². The molecule has 2 aliphatic rings. The normalized spacial score (nSPS) is 17.5. The number of amides is 2. The molecule has 1 saturated heterocycles. The third-order valence-electron chi connectivity index (χ3n) is 5.87. The molecule has 0 bridgehead atoms. The van der Waals surface area contributed by atoms with Gasteiger partial charge in [0.1, 0.15) is 13.2 Å². The van der Waals surface area contributed by atoms with E-state index in [-0.39, 0.29) is 6.04 Å². The van der Waals surface area contributed by atoms with Gasteiger partial charge in [0.05, 0.1) is 6.04 Å². The molecular formula is C23H30N4O4. The van der Waals surface area contributed by atoms with Crippen LogP contribution >= 0.6 is 0 Å². The maximum atomic E-state index is 12.5. The predicted octanol–water partition coefficient (Wildman–Crippen LogP) is 2.47. The van der Waals surface area contributed by atoms with Crippen molar-refractivity contribution in [1.29, 1.82) is 0 Å². The fourth-order valence-corrected chi connectivity index (χ4v) is 4.23. The molecule has 2 amide bonds. The number of hydrogen-bond donors (Lipinski definition) is 2. The Labute approximate surface area is 182 Å². The van der Waals surface area contributed by atoms with Gasteiger partial charge in [-0.15, -0.1) is 0 Å². The van der Waals surface area contributed by atoms with E-state index in [1.807, 2.05) is 19.3 Å². The first-order valence-corrected chi connectivity index (χ1v) is 11.0. The van der Waals surface area contributed by atoms with Crippen molar-refractivity contribution in [3.05, 3.63) is 42.2 Å². The number of hydrogen-bond acceptors (Lipinski definition) is 5. The molecular weight excluding hydrogens is 396 g/mol. The van der Waals surface area contributed by atoms with E-state index in [9.17, 15) is 9.59 Å². The van der Waals surface area contributed by atoms with Crippen molar-refractivity contribution in [3.63, 3.8) is 0 Å². The molecule has 1 fully saturated rings. The molecule has 3 heterocycles. The molecule has 8 nitrogen and oxygen atoms in total. The summed E-state index contributed by atoms with van der Waals surface area (Å²) in [6.07, 6.45) is 6.79. The van der Waals surface area contributed by atoms with Gasteiger partial charge in [-0.1, -0.05) is 12.8 Å². The zero-order chi connectivity index (χ0) is 21.6. The van der Waals surface area contributed by atoms with Crippen LogP contribution in [0.15, 0.2) is 36.5 Å². The summed E-state index contributed by atoms with van der Waals surface area (Å²) in [5.41, 5.74) is 1.63. The second kappa shape index (κ2) is 9.87. The van der Waals surface area contributed by atoms with Gasteiger partial charge in [-0.3, -0.25) is 14.5 Å². The SMILES string of the molecule is Cn1cccc1C(CNC(=O)C(=O)Nc1ccc2c(c1)OCCO2)N1CCCCCC1. The Hall–Kier alpha value is -3.00. The number of aromatic nitrogens is 1. The van der Waals surface area contributed by atoms with Crippen molar-refractivity contribution < 1.29 is 19.1 Å². The van der Waals surface area contributed by atoms with Gasteiger partial charge >= 0.3 is 11.8 Å². The summed E-state index contributed by atoms with van der Waals surface area (Å²) >= 11 is 0. The molecule has 1 unspecified atom stereocenters. The molecule has 2 aliphatic heterocycles. The summed E-state index contributed by atoms with van der Waals surface area (Å²) in [6.45, 7) is 3.33. The van der Waals surface area contributed by atoms with E-state index in [2.05, 4.69) is 26.2 Å². The monoisotopic (exact) mass is 426 g/mol. The van der Waals surface area contributed by atoms with Crippen LogP contribution in [-0.4, -0.2) is 54.1 Å². The first kappa shape index (κ1) is 21.2. The number of nitrogens with one attached hydrogen (secondary N) is 2. The number of nitrogens with zero attached hydrogens (tertiary/aromatic N) is 2. The highest BCUT2D eigenvalue weighted by Crippen LogP contribution is 2.32. The van der Waals surface area contributed by atoms with E-state index in [4.69, 9.17) is 9.47 Å². The van der Waals surface area contributed by atoms with Crippen molar-refractivity contribution in [2.45, 2.75) is 31.7 Å². The van der Waals surface area contributed by atoms with E-state index in [0.717, 1.165) is 31.6 Å². The highest BCUT2D eigenvalue weighted by Gasteiger charge is 2.25. The molecule has 31 heavy (non-hydrogen) atoms. The maximum Gasteiger partial charge on any atom is 0.313 e. The summed E-state index contributed by atoms with van der Waals surface area (Å²) in [5.74, 6) is -0.145. The molecule has 0 radical (unpaired) electrons. The van der Waals surface area contributed by atoms with Gasteiger partial charge in [-0.25, -0.2) is 0 Å². The van der Waals surface area contributed by atoms with Gasteiger partial charge in [-0.2, -0.15) is 0 Å². The average Bonchev–Trinajstić information content (AvgIpc) is 3.03. The van der Waals surface area contributed by atoms with Crippen LogP contribution in [-0.2, 0) is 16.6 Å². The largest absolute Gasteiger partial charge is 0.486 e. The molecule has 2 aromatic rings. The lowest BCUT2D eigenvalue weighted by Gasteiger charge is -2.31. The molecule has 166 valence electrons. The zero-order valence-electron chi connectivity index (χ0n) is 17.9. The van der Waals surface area contributed by atoms with Crippen LogP contribution in [0.4, 0.5) is 5.69 Å². The number of aryl methyl sites for hydroxylation is 1. The zero-order valence-corrected chi connectivity index (χ0v) is 17.9. The minimum atomic E-state index is -0.696. The molecule has 0 aliphatic carbocycles. The summed E-state index contributed by atoms with van der Waals surface area (Å²) in [7, 11) is 2.01. The third kappa shape index (κ3) is 5.19. The number of carbonyl (C=O) groups is 2. The van der Waals surface area contributed by atoms with E-state index >= 15 is 0 Å². The number of carbonyl (C=O) groups excluding carboxylic acids is 2. The van der Waals surface area contributed by atoms with Gasteiger partial charge in [0.25, 0.3) is 0 Å². The second-order valence-corrected chi connectivity index (χ2v) is 8.03. The molecule has 1 aromatic heterocycles. The van der Waals surface area contributed by atoms with Crippen LogP contribution in [0.3, 0.4) is 0 Å². The van der Waals surface area contributed by atoms with E-state index in [1.54, 1.807) is 18.2 Å². The van der Waals surface area contributed by atoms with Crippen molar-refractivity contribution in [3.8, 4) is 11.5 Å². The smallest absolute Gasteiger partial charge is 0.313 e. The number of benzene rings is 1. The van der Waals surface area contributed by atoms with Crippen molar-refractivity contribution in [1.82, 2.24) is 14.8 Å². The summed E-state index contributed by atoms with van der Waals surface area (Å²) < 4.78 is 13.1. The van der Waals surface area contributed by atoms with Crippen LogP contribution in [0, 0.1) is 0 Å². The van der Waals surface area contributed by atoms with Gasteiger partial charge < -0.3 is 24.7 Å². The van der Waals surface area contributed by atoms with Crippen LogP contribution < -0.4 is 20.1 Å². The van der Waals surface area contributed by atoms with E-state index in [0.29, 0.717) is 36.9 Å². The van der Waals surface area contributed by atoms with Gasteiger partial charge in [0.15, 0.2) is 11.5 Å². The van der Waals surface area contributed by atoms with Crippen molar-refractivity contribution in [2.24, 2.45) is 7.05 Å². The lowest BCUT2D eigenvalue weighted by molar-refractivity contribution is -0.136. The molecule has 8 heteroatoms. The van der Waals surface area contributed by atoms with Gasteiger partial charge in [0.2, 0.25) is 0 Å². The Balaban J connectivity index is 1.39. The Bertz CT molecular complexity index is 918. The summed E-state index contributed by atoms with van der Waals surface area (Å²) in [5, 5.41) is 5.48.